The number of likely N-dealkylation sites (N-methyl/N-ethyl adjacent to an activating group) is 1. The first-order chi connectivity index (χ1) is 7.83. The van der Waals surface area contributed by atoms with Crippen molar-refractivity contribution in [2.45, 2.75) is 34.1 Å². The second kappa shape index (κ2) is 8.06. The van der Waals surface area contributed by atoms with Gasteiger partial charge in [-0.1, -0.05) is 27.7 Å². The molecule has 0 aromatic heterocycles. The minimum absolute atomic E-state index is 0.265. The van der Waals surface area contributed by atoms with Gasteiger partial charge in [0.2, 0.25) is 0 Å². The van der Waals surface area contributed by atoms with Crippen LogP contribution < -0.4 is 5.73 Å². The van der Waals surface area contributed by atoms with Crippen molar-refractivity contribution in [2.24, 2.45) is 17.1 Å². The molecule has 17 heavy (non-hydrogen) atoms. The number of hydrogen-bond donors (Lipinski definition) is 1. The summed E-state index contributed by atoms with van der Waals surface area (Å²) in [5, 5.41) is 0. The molecule has 2 N–H and O–H groups in total. The molecule has 0 saturated heterocycles. The molecule has 0 saturated carbocycles. The van der Waals surface area contributed by atoms with E-state index in [1.807, 2.05) is 0 Å². The molecule has 0 amide bonds. The quantitative estimate of drug-likeness (QED) is 0.671. The van der Waals surface area contributed by atoms with E-state index in [-0.39, 0.29) is 5.41 Å². The molecule has 3 nitrogen and oxygen atoms in total. The van der Waals surface area contributed by atoms with Crippen molar-refractivity contribution in [1.29, 1.82) is 0 Å². The molecule has 0 aromatic rings. The molecule has 0 spiro atoms. The fraction of sp³-hybridized carbons (Fsp3) is 1.00. The van der Waals surface area contributed by atoms with Crippen LogP contribution in [0.3, 0.4) is 0 Å². The Bertz CT molecular complexity index is 186. The van der Waals surface area contributed by atoms with Crippen molar-refractivity contribution < 1.29 is 0 Å². The fourth-order valence-corrected chi connectivity index (χ4v) is 1.95. The first-order valence-corrected chi connectivity index (χ1v) is 6.90. The zero-order valence-corrected chi connectivity index (χ0v) is 12.8. The summed E-state index contributed by atoms with van der Waals surface area (Å²) >= 11 is 0. The highest BCUT2D eigenvalue weighted by molar-refractivity contribution is 4.79. The van der Waals surface area contributed by atoms with Gasteiger partial charge in [-0.25, -0.2) is 0 Å². The second-order valence-corrected chi connectivity index (χ2v) is 6.30. The van der Waals surface area contributed by atoms with Crippen molar-refractivity contribution in [2.75, 3.05) is 46.8 Å². The van der Waals surface area contributed by atoms with Gasteiger partial charge in [-0.2, -0.15) is 0 Å². The minimum Gasteiger partial charge on any atom is -0.330 e. The van der Waals surface area contributed by atoms with Gasteiger partial charge in [0.05, 0.1) is 0 Å². The molecule has 104 valence electrons. The predicted molar refractivity (Wildman–Crippen MR) is 77.3 cm³/mol. The smallest absolute Gasteiger partial charge is 0.0109 e. The average Bonchev–Trinajstić information content (AvgIpc) is 2.25. The Morgan fingerprint density at radius 1 is 1.18 bits per heavy atom. The monoisotopic (exact) mass is 243 g/mol. The SMILES string of the molecule is CCC(C)(CN)CN(CCN(C)C)CC(C)C. The molecular formula is C14H33N3. The van der Waals surface area contributed by atoms with Crippen LogP contribution in [0.15, 0.2) is 0 Å². The molecule has 0 bridgehead atoms. The lowest BCUT2D eigenvalue weighted by Gasteiger charge is -2.35. The Morgan fingerprint density at radius 2 is 1.76 bits per heavy atom. The number of nitrogens with two attached hydrogens (primary N) is 1. The van der Waals surface area contributed by atoms with Crippen LogP contribution in [0.25, 0.3) is 0 Å². The molecule has 0 heterocycles. The largest absolute Gasteiger partial charge is 0.330 e. The first-order valence-electron chi connectivity index (χ1n) is 6.90. The Morgan fingerprint density at radius 3 is 2.12 bits per heavy atom. The molecule has 0 aliphatic carbocycles. The van der Waals surface area contributed by atoms with Crippen molar-refractivity contribution in [3.05, 3.63) is 0 Å². The molecule has 1 atom stereocenters. The van der Waals surface area contributed by atoms with E-state index in [0.29, 0.717) is 0 Å². The summed E-state index contributed by atoms with van der Waals surface area (Å²) < 4.78 is 0. The maximum Gasteiger partial charge on any atom is 0.0109 e. The molecule has 0 radical (unpaired) electrons. The van der Waals surface area contributed by atoms with Crippen LogP contribution in [0.4, 0.5) is 0 Å². The summed E-state index contributed by atoms with van der Waals surface area (Å²) in [5.74, 6) is 0.719. The Kier molecular flexibility index (Phi) is 8.01. The first kappa shape index (κ1) is 16.9. The zero-order valence-electron chi connectivity index (χ0n) is 12.8. The van der Waals surface area contributed by atoms with Crippen LogP contribution in [-0.4, -0.2) is 56.6 Å². The van der Waals surface area contributed by atoms with E-state index in [9.17, 15) is 0 Å². The third-order valence-electron chi connectivity index (χ3n) is 3.44. The van der Waals surface area contributed by atoms with Gasteiger partial charge in [-0.3, -0.25) is 0 Å². The zero-order chi connectivity index (χ0) is 13.5. The van der Waals surface area contributed by atoms with Crippen LogP contribution in [0.1, 0.15) is 34.1 Å². The van der Waals surface area contributed by atoms with Gasteiger partial charge in [0.15, 0.2) is 0 Å². The molecule has 3 heteroatoms. The lowest BCUT2D eigenvalue weighted by Crippen LogP contribution is -2.44. The lowest BCUT2D eigenvalue weighted by molar-refractivity contribution is 0.140. The molecule has 0 aliphatic rings. The summed E-state index contributed by atoms with van der Waals surface area (Å²) in [6.07, 6.45) is 1.15. The third-order valence-corrected chi connectivity index (χ3v) is 3.44. The third kappa shape index (κ3) is 7.74. The molecule has 0 aromatic carbocycles. The van der Waals surface area contributed by atoms with E-state index in [4.69, 9.17) is 5.73 Å². The summed E-state index contributed by atoms with van der Waals surface area (Å²) in [6.45, 7) is 14.4. The Balaban J connectivity index is 4.35. The van der Waals surface area contributed by atoms with E-state index in [2.05, 4.69) is 51.6 Å². The second-order valence-electron chi connectivity index (χ2n) is 6.30. The summed E-state index contributed by atoms with van der Waals surface area (Å²) in [7, 11) is 4.27. The van der Waals surface area contributed by atoms with Gasteiger partial charge >= 0.3 is 0 Å². The number of hydrogen-bond acceptors (Lipinski definition) is 3. The standard InChI is InChI=1S/C14H33N3/c1-7-14(4,11-15)12-17(10-13(2)3)9-8-16(5)6/h13H,7-12,15H2,1-6H3. The van der Waals surface area contributed by atoms with Gasteiger partial charge in [-0.15, -0.1) is 0 Å². The molecule has 0 rings (SSSR count). The van der Waals surface area contributed by atoms with Gasteiger partial charge in [0.25, 0.3) is 0 Å². The molecule has 0 aliphatic heterocycles. The average molecular weight is 243 g/mol. The van der Waals surface area contributed by atoms with E-state index < -0.39 is 0 Å². The normalized spacial score (nSPS) is 15.9. The van der Waals surface area contributed by atoms with Crippen molar-refractivity contribution in [1.82, 2.24) is 9.80 Å². The van der Waals surface area contributed by atoms with Crippen LogP contribution in [0.5, 0.6) is 0 Å². The summed E-state index contributed by atoms with van der Waals surface area (Å²) in [6, 6.07) is 0. The predicted octanol–water partition coefficient (Wildman–Crippen LogP) is 1.88. The van der Waals surface area contributed by atoms with E-state index in [1.54, 1.807) is 0 Å². The van der Waals surface area contributed by atoms with Gasteiger partial charge < -0.3 is 15.5 Å². The van der Waals surface area contributed by atoms with Crippen molar-refractivity contribution >= 4 is 0 Å². The topological polar surface area (TPSA) is 32.5 Å². The van der Waals surface area contributed by atoms with Gasteiger partial charge in [0, 0.05) is 26.2 Å². The van der Waals surface area contributed by atoms with Crippen LogP contribution >= 0.6 is 0 Å². The van der Waals surface area contributed by atoms with E-state index in [1.165, 1.54) is 6.54 Å². The fourth-order valence-electron chi connectivity index (χ4n) is 1.95. The van der Waals surface area contributed by atoms with Crippen LogP contribution in [0.2, 0.25) is 0 Å². The molecular weight excluding hydrogens is 210 g/mol. The maximum atomic E-state index is 5.92. The Labute approximate surface area is 108 Å². The summed E-state index contributed by atoms with van der Waals surface area (Å²) in [4.78, 5) is 4.82. The highest BCUT2D eigenvalue weighted by Gasteiger charge is 2.23. The van der Waals surface area contributed by atoms with Crippen molar-refractivity contribution in [3.63, 3.8) is 0 Å². The van der Waals surface area contributed by atoms with Crippen LogP contribution in [0, 0.1) is 11.3 Å². The van der Waals surface area contributed by atoms with E-state index in [0.717, 1.165) is 38.5 Å². The maximum absolute atomic E-state index is 5.92. The number of rotatable bonds is 9. The number of nitrogens with zero attached hydrogens (tertiary/aromatic N) is 2. The molecule has 0 fully saturated rings. The van der Waals surface area contributed by atoms with Crippen LogP contribution in [-0.2, 0) is 0 Å². The van der Waals surface area contributed by atoms with Gasteiger partial charge in [-0.05, 0) is 38.4 Å². The van der Waals surface area contributed by atoms with Crippen molar-refractivity contribution in [3.8, 4) is 0 Å². The van der Waals surface area contributed by atoms with Gasteiger partial charge in [0.1, 0.15) is 0 Å². The Hall–Kier alpha value is -0.120. The summed E-state index contributed by atoms with van der Waals surface area (Å²) in [5.41, 5.74) is 6.18. The highest BCUT2D eigenvalue weighted by Crippen LogP contribution is 2.21. The lowest BCUT2D eigenvalue weighted by atomic mass is 9.87. The van der Waals surface area contributed by atoms with E-state index >= 15 is 0 Å². The molecule has 1 unspecified atom stereocenters. The minimum atomic E-state index is 0.265. The highest BCUT2D eigenvalue weighted by atomic mass is 15.2.